The maximum Gasteiger partial charge on any atom is 0.283 e. The first-order valence-electron chi connectivity index (χ1n) is 10.5. The van der Waals surface area contributed by atoms with Gasteiger partial charge in [-0.2, -0.15) is 0 Å². The van der Waals surface area contributed by atoms with E-state index in [2.05, 4.69) is 10.3 Å². The molecule has 0 bridgehead atoms. The molecule has 0 aliphatic carbocycles. The minimum absolute atomic E-state index is 0.137. The van der Waals surface area contributed by atoms with E-state index in [1.807, 2.05) is 24.3 Å². The van der Waals surface area contributed by atoms with Gasteiger partial charge in [0.05, 0.1) is 24.2 Å². The maximum atomic E-state index is 13.9. The second-order valence-electron chi connectivity index (χ2n) is 7.59. The highest BCUT2D eigenvalue weighted by Crippen LogP contribution is 2.27. The smallest absolute Gasteiger partial charge is 0.283 e. The largest absolute Gasteiger partial charge is 0.497 e. The first-order chi connectivity index (χ1) is 16.9. The number of aromatic amines is 1. The summed E-state index contributed by atoms with van der Waals surface area (Å²) in [5.41, 5.74) is 1.61. The summed E-state index contributed by atoms with van der Waals surface area (Å²) in [6.07, 6.45) is 0. The van der Waals surface area contributed by atoms with Gasteiger partial charge in [0.1, 0.15) is 28.4 Å². The summed E-state index contributed by atoms with van der Waals surface area (Å²) < 4.78 is 33.8. The Bertz CT molecular complexity index is 1650. The minimum atomic E-state index is -0.880. The normalized spacial score (nSPS) is 11.2. The highest BCUT2D eigenvalue weighted by Gasteiger charge is 2.19. The van der Waals surface area contributed by atoms with Crippen LogP contribution in [0.3, 0.4) is 0 Å². The predicted octanol–water partition coefficient (Wildman–Crippen LogP) is 4.88. The van der Waals surface area contributed by atoms with Crippen molar-refractivity contribution in [2.45, 2.75) is 5.16 Å². The lowest BCUT2D eigenvalue weighted by atomic mass is 10.2. The van der Waals surface area contributed by atoms with Crippen molar-refractivity contribution in [3.8, 4) is 11.4 Å². The van der Waals surface area contributed by atoms with Crippen LogP contribution in [0.15, 0.2) is 76.7 Å². The zero-order valence-corrected chi connectivity index (χ0v) is 19.2. The fourth-order valence-corrected chi connectivity index (χ4v) is 4.53. The number of H-pyrrole nitrogens is 1. The molecule has 0 aliphatic rings. The topological polar surface area (TPSA) is 89.0 Å². The summed E-state index contributed by atoms with van der Waals surface area (Å²) in [5, 5.41) is 3.47. The van der Waals surface area contributed by atoms with Crippen LogP contribution in [-0.2, 0) is 4.79 Å². The number of aromatic nitrogens is 3. The summed E-state index contributed by atoms with van der Waals surface area (Å²) in [6.45, 7) is 0. The van der Waals surface area contributed by atoms with Crippen molar-refractivity contribution in [3.63, 3.8) is 0 Å². The average Bonchev–Trinajstić information content (AvgIpc) is 3.23. The molecule has 0 spiro atoms. The molecule has 2 heterocycles. The van der Waals surface area contributed by atoms with Crippen LogP contribution in [0.4, 0.5) is 14.5 Å². The summed E-state index contributed by atoms with van der Waals surface area (Å²) in [5.74, 6) is -1.78. The molecule has 2 N–H and O–H groups in total. The Balaban J connectivity index is 1.56. The number of halogens is 2. The van der Waals surface area contributed by atoms with E-state index >= 15 is 0 Å². The van der Waals surface area contributed by atoms with E-state index < -0.39 is 17.5 Å². The minimum Gasteiger partial charge on any atom is -0.497 e. The molecule has 176 valence electrons. The average molecular weight is 493 g/mol. The lowest BCUT2D eigenvalue weighted by molar-refractivity contribution is -0.113. The maximum absolute atomic E-state index is 13.9. The SMILES string of the molecule is COc1cccc(-n2c(SCC(=O)Nc3ccc(F)cc3F)nc3c([nH]c4ccccc43)c2=O)c1. The lowest BCUT2D eigenvalue weighted by Gasteiger charge is -2.13. The molecular weight excluding hydrogens is 474 g/mol. The van der Waals surface area contributed by atoms with Crippen molar-refractivity contribution >= 4 is 45.3 Å². The Morgan fingerprint density at radius 3 is 2.74 bits per heavy atom. The van der Waals surface area contributed by atoms with Crippen molar-refractivity contribution in [3.05, 3.63) is 88.7 Å². The van der Waals surface area contributed by atoms with Gasteiger partial charge >= 0.3 is 0 Å². The lowest BCUT2D eigenvalue weighted by Crippen LogP contribution is -2.23. The molecular formula is C25H18F2N4O3S. The number of fused-ring (bicyclic) bond motifs is 3. The summed E-state index contributed by atoms with van der Waals surface area (Å²) in [7, 11) is 1.52. The molecule has 5 aromatic rings. The fourth-order valence-electron chi connectivity index (χ4n) is 3.72. The summed E-state index contributed by atoms with van der Waals surface area (Å²) in [6, 6.07) is 17.2. The molecule has 0 unspecified atom stereocenters. The number of anilines is 1. The predicted molar refractivity (Wildman–Crippen MR) is 131 cm³/mol. The van der Waals surface area contributed by atoms with Gasteiger partial charge in [0.15, 0.2) is 5.16 Å². The van der Waals surface area contributed by atoms with E-state index in [9.17, 15) is 18.4 Å². The number of amides is 1. The van der Waals surface area contributed by atoms with E-state index in [0.717, 1.165) is 34.8 Å². The Morgan fingerprint density at radius 1 is 1.11 bits per heavy atom. The molecule has 10 heteroatoms. The molecule has 0 saturated heterocycles. The van der Waals surface area contributed by atoms with Gasteiger partial charge in [-0.1, -0.05) is 36.0 Å². The monoisotopic (exact) mass is 492 g/mol. The van der Waals surface area contributed by atoms with E-state index in [4.69, 9.17) is 9.72 Å². The number of rotatable bonds is 6. The molecule has 0 saturated carbocycles. The Hall–Kier alpha value is -4.18. The fraction of sp³-hybridized carbons (Fsp3) is 0.0800. The highest BCUT2D eigenvalue weighted by molar-refractivity contribution is 7.99. The van der Waals surface area contributed by atoms with Gasteiger partial charge in [0, 0.05) is 23.0 Å². The Morgan fingerprint density at radius 2 is 1.94 bits per heavy atom. The van der Waals surface area contributed by atoms with Crippen molar-refractivity contribution in [2.75, 3.05) is 18.2 Å². The van der Waals surface area contributed by atoms with Gasteiger partial charge in [-0.25, -0.2) is 13.8 Å². The van der Waals surface area contributed by atoms with Crippen molar-refractivity contribution < 1.29 is 18.3 Å². The second kappa shape index (κ2) is 9.22. The molecule has 0 aliphatic heterocycles. The van der Waals surface area contributed by atoms with E-state index in [1.54, 1.807) is 24.3 Å². The number of benzene rings is 3. The molecule has 0 fully saturated rings. The number of ether oxygens (including phenoxy) is 1. The second-order valence-corrected chi connectivity index (χ2v) is 8.53. The third kappa shape index (κ3) is 4.35. The molecule has 1 amide bonds. The zero-order chi connectivity index (χ0) is 24.5. The molecule has 3 aromatic carbocycles. The van der Waals surface area contributed by atoms with Gasteiger partial charge in [-0.3, -0.25) is 14.2 Å². The molecule has 35 heavy (non-hydrogen) atoms. The van der Waals surface area contributed by atoms with Gasteiger partial charge in [-0.05, 0) is 30.3 Å². The van der Waals surface area contributed by atoms with Crippen LogP contribution >= 0.6 is 11.8 Å². The zero-order valence-electron chi connectivity index (χ0n) is 18.3. The molecule has 0 atom stereocenters. The number of methoxy groups -OCH3 is 1. The van der Waals surface area contributed by atoms with Crippen LogP contribution in [-0.4, -0.2) is 33.3 Å². The van der Waals surface area contributed by atoms with Gasteiger partial charge in [0.25, 0.3) is 5.56 Å². The van der Waals surface area contributed by atoms with Crippen LogP contribution in [0.25, 0.3) is 27.6 Å². The number of nitrogens with one attached hydrogen (secondary N) is 2. The third-order valence-electron chi connectivity index (χ3n) is 5.34. The number of carbonyl (C=O) groups is 1. The van der Waals surface area contributed by atoms with Crippen LogP contribution in [0, 0.1) is 11.6 Å². The Kier molecular flexibility index (Phi) is 5.96. The van der Waals surface area contributed by atoms with Crippen molar-refractivity contribution in [2.24, 2.45) is 0 Å². The molecule has 0 radical (unpaired) electrons. The highest BCUT2D eigenvalue weighted by atomic mass is 32.2. The van der Waals surface area contributed by atoms with Crippen LogP contribution in [0.1, 0.15) is 0 Å². The van der Waals surface area contributed by atoms with E-state index in [0.29, 0.717) is 28.5 Å². The number of para-hydroxylation sites is 1. The Labute approximate surface area is 201 Å². The van der Waals surface area contributed by atoms with E-state index in [-0.39, 0.29) is 22.2 Å². The number of nitrogens with zero attached hydrogens (tertiary/aromatic N) is 2. The van der Waals surface area contributed by atoms with Gasteiger partial charge in [0.2, 0.25) is 5.91 Å². The van der Waals surface area contributed by atoms with Crippen LogP contribution in [0.5, 0.6) is 5.75 Å². The standard InChI is InChI=1S/C25H18F2N4O3S/c1-34-16-6-4-5-15(12-16)31-24(33)23-22(17-7-2-3-8-19(17)29-23)30-25(31)35-13-21(32)28-20-10-9-14(26)11-18(20)27/h2-12,29H,13H2,1H3,(H,28,32). The molecule has 7 nitrogen and oxygen atoms in total. The number of hydrogen-bond acceptors (Lipinski definition) is 5. The summed E-state index contributed by atoms with van der Waals surface area (Å²) >= 11 is 1.02. The van der Waals surface area contributed by atoms with Gasteiger partial charge < -0.3 is 15.0 Å². The first-order valence-corrected chi connectivity index (χ1v) is 11.5. The summed E-state index contributed by atoms with van der Waals surface area (Å²) in [4.78, 5) is 34.0. The van der Waals surface area contributed by atoms with E-state index in [1.165, 1.54) is 11.7 Å². The molecule has 2 aromatic heterocycles. The van der Waals surface area contributed by atoms with Crippen molar-refractivity contribution in [1.29, 1.82) is 0 Å². The number of hydrogen-bond donors (Lipinski definition) is 2. The van der Waals surface area contributed by atoms with Gasteiger partial charge in [-0.15, -0.1) is 0 Å². The quantitative estimate of drug-likeness (QED) is 0.260. The number of thioether (sulfide) groups is 1. The van der Waals surface area contributed by atoms with Crippen molar-refractivity contribution in [1.82, 2.24) is 14.5 Å². The molecule has 5 rings (SSSR count). The van der Waals surface area contributed by atoms with Crippen LogP contribution in [0.2, 0.25) is 0 Å². The number of carbonyl (C=O) groups excluding carboxylic acids is 1. The first kappa shape index (κ1) is 22.6. The third-order valence-corrected chi connectivity index (χ3v) is 6.28. The van der Waals surface area contributed by atoms with Crippen LogP contribution < -0.4 is 15.6 Å².